The molecule has 0 amide bonds. The minimum Gasteiger partial charge on any atom is -0.298 e. The van der Waals surface area contributed by atoms with Crippen molar-refractivity contribution in [3.63, 3.8) is 0 Å². The van der Waals surface area contributed by atoms with Gasteiger partial charge in [-0.15, -0.1) is 0 Å². The lowest BCUT2D eigenvalue weighted by Crippen LogP contribution is -2.21. The highest BCUT2D eigenvalue weighted by atomic mass is 32.2. The van der Waals surface area contributed by atoms with Gasteiger partial charge in [-0.05, 0) is 12.1 Å². The summed E-state index contributed by atoms with van der Waals surface area (Å²) in [6, 6.07) is 9.49. The fourth-order valence-electron chi connectivity index (χ4n) is 2.16. The van der Waals surface area contributed by atoms with Crippen molar-refractivity contribution in [2.45, 2.75) is 9.92 Å². The van der Waals surface area contributed by atoms with E-state index in [4.69, 9.17) is 0 Å². The second-order valence-electron chi connectivity index (χ2n) is 5.07. The lowest BCUT2D eigenvalue weighted by molar-refractivity contribution is -0.387. The van der Waals surface area contributed by atoms with Crippen LogP contribution < -0.4 is 5.43 Å². The number of rotatable bonds is 5. The molecule has 0 radical (unpaired) electrons. The SMILES string of the molecule is CN(C)Nc1ncnc(Sc2cccc3cccnc23)c1[N+](=O)[O-]. The molecule has 0 atom stereocenters. The molecule has 0 saturated heterocycles. The van der Waals surface area contributed by atoms with E-state index in [-0.39, 0.29) is 16.5 Å². The number of nitrogens with zero attached hydrogens (tertiary/aromatic N) is 5. The van der Waals surface area contributed by atoms with Gasteiger partial charge in [-0.1, -0.05) is 30.0 Å². The molecule has 2 heterocycles. The van der Waals surface area contributed by atoms with E-state index in [1.54, 1.807) is 25.3 Å². The number of pyridine rings is 1. The molecule has 2 aromatic heterocycles. The standard InChI is InChI=1S/C15H14N6O2S/c1-20(2)19-14-13(21(22)23)15(18-9-17-14)24-11-7-3-5-10-6-4-8-16-12(10)11/h3-9H,1-2H3,(H,17,18,19). The summed E-state index contributed by atoms with van der Waals surface area (Å²) in [5.74, 6) is 0.149. The van der Waals surface area contributed by atoms with E-state index in [0.717, 1.165) is 15.8 Å². The van der Waals surface area contributed by atoms with E-state index in [9.17, 15) is 10.1 Å². The van der Waals surface area contributed by atoms with Crippen molar-refractivity contribution in [3.8, 4) is 0 Å². The number of fused-ring (bicyclic) bond motifs is 1. The largest absolute Gasteiger partial charge is 0.344 e. The molecule has 3 rings (SSSR count). The first-order valence-electron chi connectivity index (χ1n) is 7.01. The summed E-state index contributed by atoms with van der Waals surface area (Å²) >= 11 is 1.20. The maximum Gasteiger partial charge on any atom is 0.344 e. The van der Waals surface area contributed by atoms with Gasteiger partial charge in [0.1, 0.15) is 6.33 Å². The summed E-state index contributed by atoms with van der Waals surface area (Å²) in [6.45, 7) is 0. The normalized spacial score (nSPS) is 11.0. The van der Waals surface area contributed by atoms with Crippen molar-refractivity contribution in [1.29, 1.82) is 0 Å². The third-order valence-electron chi connectivity index (χ3n) is 3.10. The van der Waals surface area contributed by atoms with E-state index in [1.807, 2.05) is 30.3 Å². The Hall–Kier alpha value is -2.78. The molecule has 24 heavy (non-hydrogen) atoms. The zero-order valence-corrected chi connectivity index (χ0v) is 13.8. The topological polar surface area (TPSA) is 97.1 Å². The van der Waals surface area contributed by atoms with E-state index in [2.05, 4.69) is 20.4 Å². The Morgan fingerprint density at radius 2 is 1.96 bits per heavy atom. The fraction of sp³-hybridized carbons (Fsp3) is 0.133. The number of hydrazine groups is 1. The summed E-state index contributed by atoms with van der Waals surface area (Å²) in [7, 11) is 3.46. The van der Waals surface area contributed by atoms with Gasteiger partial charge in [-0.2, -0.15) is 0 Å². The third-order valence-corrected chi connectivity index (χ3v) is 4.14. The molecular formula is C15H14N6O2S. The fourth-order valence-corrected chi connectivity index (χ4v) is 3.15. The van der Waals surface area contributed by atoms with Crippen LogP contribution in [0, 0.1) is 10.1 Å². The molecule has 0 aliphatic rings. The maximum atomic E-state index is 11.5. The lowest BCUT2D eigenvalue weighted by Gasteiger charge is -2.13. The summed E-state index contributed by atoms with van der Waals surface area (Å²) < 4.78 is 0. The molecule has 0 fully saturated rings. The second-order valence-corrected chi connectivity index (χ2v) is 6.10. The number of anilines is 1. The van der Waals surface area contributed by atoms with Gasteiger partial charge in [0.05, 0.1) is 10.4 Å². The Balaban J connectivity index is 2.07. The summed E-state index contributed by atoms with van der Waals surface area (Å²) in [5.41, 5.74) is 3.44. The summed E-state index contributed by atoms with van der Waals surface area (Å²) in [5, 5.41) is 14.3. The Kier molecular flexibility index (Phi) is 4.54. The van der Waals surface area contributed by atoms with Crippen LogP contribution in [0.1, 0.15) is 0 Å². The molecule has 9 heteroatoms. The molecule has 1 aromatic carbocycles. The lowest BCUT2D eigenvalue weighted by atomic mass is 10.2. The van der Waals surface area contributed by atoms with Crippen LogP contribution in [0.15, 0.2) is 52.8 Å². The molecule has 8 nitrogen and oxygen atoms in total. The van der Waals surface area contributed by atoms with Gasteiger partial charge in [-0.3, -0.25) is 20.5 Å². The minimum absolute atomic E-state index is 0.149. The summed E-state index contributed by atoms with van der Waals surface area (Å²) in [6.07, 6.45) is 3.00. The Bertz CT molecular complexity index is 897. The van der Waals surface area contributed by atoms with Gasteiger partial charge in [0, 0.05) is 30.6 Å². The molecule has 1 N–H and O–H groups in total. The number of benzene rings is 1. The van der Waals surface area contributed by atoms with Crippen molar-refractivity contribution in [2.24, 2.45) is 0 Å². The Morgan fingerprint density at radius 1 is 1.17 bits per heavy atom. The van der Waals surface area contributed by atoms with Gasteiger partial charge in [-0.25, -0.2) is 15.0 Å². The van der Waals surface area contributed by atoms with Crippen molar-refractivity contribution >= 4 is 34.2 Å². The van der Waals surface area contributed by atoms with Gasteiger partial charge in [0.2, 0.25) is 5.82 Å². The second kappa shape index (κ2) is 6.77. The predicted molar refractivity (Wildman–Crippen MR) is 91.9 cm³/mol. The molecule has 3 aromatic rings. The van der Waals surface area contributed by atoms with Crippen molar-refractivity contribution in [2.75, 3.05) is 19.5 Å². The van der Waals surface area contributed by atoms with Crippen molar-refractivity contribution in [1.82, 2.24) is 20.0 Å². The van der Waals surface area contributed by atoms with Crippen molar-refractivity contribution in [3.05, 3.63) is 53.0 Å². The van der Waals surface area contributed by atoms with Crippen LogP contribution in [0.4, 0.5) is 11.5 Å². The molecule has 0 spiro atoms. The van der Waals surface area contributed by atoms with E-state index >= 15 is 0 Å². The average Bonchev–Trinajstić information content (AvgIpc) is 2.54. The van der Waals surface area contributed by atoms with Crippen LogP contribution in [0.5, 0.6) is 0 Å². The predicted octanol–water partition coefficient (Wildman–Crippen LogP) is 2.97. The number of nitrogens with one attached hydrogen (secondary N) is 1. The minimum atomic E-state index is -0.479. The molecule has 122 valence electrons. The number of para-hydroxylation sites is 1. The monoisotopic (exact) mass is 342 g/mol. The van der Waals surface area contributed by atoms with Crippen LogP contribution in [-0.4, -0.2) is 39.0 Å². The van der Waals surface area contributed by atoms with Crippen molar-refractivity contribution < 1.29 is 4.92 Å². The smallest absolute Gasteiger partial charge is 0.298 e. The van der Waals surface area contributed by atoms with Crippen LogP contribution in [0.25, 0.3) is 10.9 Å². The molecule has 0 aliphatic carbocycles. The first kappa shape index (κ1) is 16.1. The van der Waals surface area contributed by atoms with Gasteiger partial charge in [0.25, 0.3) is 0 Å². The zero-order valence-electron chi connectivity index (χ0n) is 13.0. The van der Waals surface area contributed by atoms with Gasteiger partial charge >= 0.3 is 5.69 Å². The molecule has 0 saturated carbocycles. The zero-order chi connectivity index (χ0) is 17.1. The first-order chi connectivity index (χ1) is 11.6. The number of nitro groups is 1. The summed E-state index contributed by atoms with van der Waals surface area (Å²) in [4.78, 5) is 24.3. The van der Waals surface area contributed by atoms with E-state index in [0.29, 0.717) is 0 Å². The maximum absolute atomic E-state index is 11.5. The number of hydrogen-bond donors (Lipinski definition) is 1. The molecule has 0 aliphatic heterocycles. The first-order valence-corrected chi connectivity index (χ1v) is 7.83. The number of hydrogen-bond acceptors (Lipinski definition) is 8. The highest BCUT2D eigenvalue weighted by molar-refractivity contribution is 7.99. The van der Waals surface area contributed by atoms with Crippen LogP contribution in [-0.2, 0) is 0 Å². The van der Waals surface area contributed by atoms with Gasteiger partial charge in [0.15, 0.2) is 5.03 Å². The Labute approximate surface area is 142 Å². The van der Waals surface area contributed by atoms with Gasteiger partial charge < -0.3 is 0 Å². The molecule has 0 bridgehead atoms. The Morgan fingerprint density at radius 3 is 2.71 bits per heavy atom. The highest BCUT2D eigenvalue weighted by Gasteiger charge is 2.24. The quantitative estimate of drug-likeness (QED) is 0.429. The van der Waals surface area contributed by atoms with Crippen LogP contribution >= 0.6 is 11.8 Å². The van der Waals surface area contributed by atoms with Crippen LogP contribution in [0.2, 0.25) is 0 Å². The van der Waals surface area contributed by atoms with E-state index < -0.39 is 4.92 Å². The van der Waals surface area contributed by atoms with E-state index in [1.165, 1.54) is 18.1 Å². The van der Waals surface area contributed by atoms with Crippen LogP contribution in [0.3, 0.4) is 0 Å². The third kappa shape index (κ3) is 3.26. The highest BCUT2D eigenvalue weighted by Crippen LogP contribution is 2.38. The molecular weight excluding hydrogens is 328 g/mol. The molecule has 0 unspecified atom stereocenters. The number of aromatic nitrogens is 3. The average molecular weight is 342 g/mol.